The summed E-state index contributed by atoms with van der Waals surface area (Å²) in [5.74, 6) is 1.41. The molecule has 1 aliphatic heterocycles. The molecular formula is C16H21NO3. The third-order valence-corrected chi connectivity index (χ3v) is 4.24. The SMILES string of the molecule is COC(=O)C(NC(C)C1CC1)c1ccc2c(c1)CCO2. The molecule has 1 aromatic carbocycles. The number of hydrogen-bond acceptors (Lipinski definition) is 4. The monoisotopic (exact) mass is 275 g/mol. The molecule has 20 heavy (non-hydrogen) atoms. The van der Waals surface area contributed by atoms with E-state index in [2.05, 4.69) is 18.3 Å². The summed E-state index contributed by atoms with van der Waals surface area (Å²) >= 11 is 0. The van der Waals surface area contributed by atoms with Crippen LogP contribution in [0.25, 0.3) is 0 Å². The maximum absolute atomic E-state index is 12.1. The minimum atomic E-state index is -0.388. The maximum atomic E-state index is 12.1. The highest BCUT2D eigenvalue weighted by molar-refractivity contribution is 5.77. The Morgan fingerprint density at radius 2 is 2.25 bits per heavy atom. The molecule has 108 valence electrons. The Morgan fingerprint density at radius 1 is 1.45 bits per heavy atom. The average molecular weight is 275 g/mol. The standard InChI is InChI=1S/C16H21NO3/c1-10(11-3-4-11)17-15(16(18)19-2)13-5-6-14-12(9-13)7-8-20-14/h5-6,9-11,15,17H,3-4,7-8H2,1-2H3. The van der Waals surface area contributed by atoms with E-state index < -0.39 is 0 Å². The van der Waals surface area contributed by atoms with Gasteiger partial charge in [0.2, 0.25) is 0 Å². The van der Waals surface area contributed by atoms with Crippen molar-refractivity contribution < 1.29 is 14.3 Å². The molecule has 1 fully saturated rings. The molecule has 2 atom stereocenters. The topological polar surface area (TPSA) is 47.6 Å². The molecule has 1 heterocycles. The average Bonchev–Trinajstić information content (AvgIpc) is 3.21. The summed E-state index contributed by atoms with van der Waals surface area (Å²) in [4.78, 5) is 12.1. The summed E-state index contributed by atoms with van der Waals surface area (Å²) in [6, 6.07) is 5.93. The first-order chi connectivity index (χ1) is 9.69. The zero-order valence-corrected chi connectivity index (χ0v) is 12.0. The number of methoxy groups -OCH3 is 1. The summed E-state index contributed by atoms with van der Waals surface area (Å²) < 4.78 is 10.5. The molecule has 2 unspecified atom stereocenters. The van der Waals surface area contributed by atoms with Crippen LogP contribution < -0.4 is 10.1 Å². The van der Waals surface area contributed by atoms with Crippen LogP contribution >= 0.6 is 0 Å². The van der Waals surface area contributed by atoms with Crippen LogP contribution in [-0.4, -0.2) is 25.7 Å². The van der Waals surface area contributed by atoms with Gasteiger partial charge in [-0.2, -0.15) is 0 Å². The number of ether oxygens (including phenoxy) is 2. The van der Waals surface area contributed by atoms with Gasteiger partial charge in [-0.25, -0.2) is 4.79 Å². The van der Waals surface area contributed by atoms with E-state index in [9.17, 15) is 4.79 Å². The predicted molar refractivity (Wildman–Crippen MR) is 75.7 cm³/mol. The number of carbonyl (C=O) groups excluding carboxylic acids is 1. The van der Waals surface area contributed by atoms with Crippen molar-refractivity contribution in [1.29, 1.82) is 0 Å². The number of carbonyl (C=O) groups is 1. The molecule has 1 aliphatic carbocycles. The minimum absolute atomic E-state index is 0.226. The van der Waals surface area contributed by atoms with Crippen LogP contribution in [0.2, 0.25) is 0 Å². The highest BCUT2D eigenvalue weighted by atomic mass is 16.5. The molecule has 0 aromatic heterocycles. The fourth-order valence-corrected chi connectivity index (χ4v) is 2.80. The Bertz CT molecular complexity index is 510. The number of fused-ring (bicyclic) bond motifs is 1. The van der Waals surface area contributed by atoms with Gasteiger partial charge >= 0.3 is 5.97 Å². The second-order valence-electron chi connectivity index (χ2n) is 5.71. The van der Waals surface area contributed by atoms with Crippen LogP contribution in [0.3, 0.4) is 0 Å². The number of nitrogens with one attached hydrogen (secondary N) is 1. The van der Waals surface area contributed by atoms with E-state index in [1.165, 1.54) is 25.5 Å². The smallest absolute Gasteiger partial charge is 0.327 e. The largest absolute Gasteiger partial charge is 0.493 e. The summed E-state index contributed by atoms with van der Waals surface area (Å²) in [5.41, 5.74) is 2.14. The van der Waals surface area contributed by atoms with E-state index in [1.807, 2.05) is 12.1 Å². The van der Waals surface area contributed by atoms with Crippen molar-refractivity contribution in [3.05, 3.63) is 29.3 Å². The first kappa shape index (κ1) is 13.4. The highest BCUT2D eigenvalue weighted by Gasteiger charge is 2.32. The molecule has 1 N–H and O–H groups in total. The molecule has 0 radical (unpaired) electrons. The van der Waals surface area contributed by atoms with E-state index in [0.717, 1.165) is 24.3 Å². The molecule has 3 rings (SSSR count). The molecule has 0 amide bonds. The highest BCUT2D eigenvalue weighted by Crippen LogP contribution is 2.34. The molecule has 0 saturated heterocycles. The summed E-state index contributed by atoms with van der Waals surface area (Å²) in [6.07, 6.45) is 3.41. The molecule has 4 nitrogen and oxygen atoms in total. The van der Waals surface area contributed by atoms with Crippen LogP contribution in [-0.2, 0) is 16.0 Å². The molecule has 1 saturated carbocycles. The zero-order chi connectivity index (χ0) is 14.1. The van der Waals surface area contributed by atoms with Crippen LogP contribution in [0.1, 0.15) is 36.9 Å². The molecule has 1 aromatic rings. The Hall–Kier alpha value is -1.55. The van der Waals surface area contributed by atoms with Crippen molar-refractivity contribution in [2.24, 2.45) is 5.92 Å². The Labute approximate surface area is 119 Å². The zero-order valence-electron chi connectivity index (χ0n) is 12.0. The van der Waals surface area contributed by atoms with Gasteiger partial charge in [0.15, 0.2) is 0 Å². The van der Waals surface area contributed by atoms with Crippen molar-refractivity contribution >= 4 is 5.97 Å². The summed E-state index contributed by atoms with van der Waals surface area (Å²) in [6.45, 7) is 2.87. The van der Waals surface area contributed by atoms with E-state index >= 15 is 0 Å². The molecule has 4 heteroatoms. The lowest BCUT2D eigenvalue weighted by molar-refractivity contribution is -0.143. The quantitative estimate of drug-likeness (QED) is 0.837. The van der Waals surface area contributed by atoms with E-state index in [-0.39, 0.29) is 12.0 Å². The summed E-state index contributed by atoms with van der Waals surface area (Å²) in [5, 5.41) is 3.42. The van der Waals surface area contributed by atoms with Gasteiger partial charge in [0, 0.05) is 12.5 Å². The minimum Gasteiger partial charge on any atom is -0.493 e. The van der Waals surface area contributed by atoms with E-state index in [4.69, 9.17) is 9.47 Å². The fourth-order valence-electron chi connectivity index (χ4n) is 2.80. The van der Waals surface area contributed by atoms with Crippen LogP contribution in [0.4, 0.5) is 0 Å². The van der Waals surface area contributed by atoms with Crippen molar-refractivity contribution in [3.8, 4) is 5.75 Å². The molecule has 0 bridgehead atoms. The summed E-state index contributed by atoms with van der Waals surface area (Å²) in [7, 11) is 1.44. The third kappa shape index (κ3) is 2.66. The van der Waals surface area contributed by atoms with E-state index in [1.54, 1.807) is 0 Å². The third-order valence-electron chi connectivity index (χ3n) is 4.24. The van der Waals surface area contributed by atoms with Gasteiger partial charge in [-0.05, 0) is 48.9 Å². The van der Waals surface area contributed by atoms with Gasteiger partial charge < -0.3 is 9.47 Å². The number of esters is 1. The first-order valence-electron chi connectivity index (χ1n) is 7.28. The van der Waals surface area contributed by atoms with Crippen LogP contribution in [0, 0.1) is 5.92 Å². The van der Waals surface area contributed by atoms with Gasteiger partial charge in [-0.1, -0.05) is 6.07 Å². The first-order valence-corrected chi connectivity index (χ1v) is 7.28. The molecular weight excluding hydrogens is 254 g/mol. The fraction of sp³-hybridized carbons (Fsp3) is 0.562. The number of benzene rings is 1. The Morgan fingerprint density at radius 3 is 2.95 bits per heavy atom. The maximum Gasteiger partial charge on any atom is 0.327 e. The van der Waals surface area contributed by atoms with Crippen molar-refractivity contribution in [2.75, 3.05) is 13.7 Å². The van der Waals surface area contributed by atoms with Crippen molar-refractivity contribution in [1.82, 2.24) is 5.32 Å². The van der Waals surface area contributed by atoms with Crippen LogP contribution in [0.15, 0.2) is 18.2 Å². The van der Waals surface area contributed by atoms with Gasteiger partial charge in [0.25, 0.3) is 0 Å². The van der Waals surface area contributed by atoms with Crippen molar-refractivity contribution in [3.63, 3.8) is 0 Å². The van der Waals surface area contributed by atoms with Gasteiger partial charge in [-0.3, -0.25) is 5.32 Å². The van der Waals surface area contributed by atoms with Crippen molar-refractivity contribution in [2.45, 2.75) is 38.3 Å². The second-order valence-corrected chi connectivity index (χ2v) is 5.71. The lowest BCUT2D eigenvalue weighted by Gasteiger charge is -2.22. The number of hydrogen-bond donors (Lipinski definition) is 1. The number of rotatable bonds is 5. The predicted octanol–water partition coefficient (Wildman–Crippen LogP) is 2.22. The molecule has 2 aliphatic rings. The van der Waals surface area contributed by atoms with E-state index in [0.29, 0.717) is 12.0 Å². The lowest BCUT2D eigenvalue weighted by Crippen LogP contribution is -2.37. The van der Waals surface area contributed by atoms with Gasteiger partial charge in [0.05, 0.1) is 13.7 Å². The normalized spacial score (nSPS) is 19.9. The Balaban J connectivity index is 1.82. The molecule has 0 spiro atoms. The van der Waals surface area contributed by atoms with Crippen LogP contribution in [0.5, 0.6) is 5.75 Å². The van der Waals surface area contributed by atoms with Gasteiger partial charge in [0.1, 0.15) is 11.8 Å². The second kappa shape index (κ2) is 5.44. The lowest BCUT2D eigenvalue weighted by atomic mass is 10.0. The Kier molecular flexibility index (Phi) is 3.66. The van der Waals surface area contributed by atoms with Gasteiger partial charge in [-0.15, -0.1) is 0 Å².